The largest absolute Gasteiger partial charge is 0.497 e. The van der Waals surface area contributed by atoms with Gasteiger partial charge in [-0.2, -0.15) is 0 Å². The molecular weight excluding hydrogens is 246 g/mol. The third-order valence-corrected chi connectivity index (χ3v) is 3.95. The van der Waals surface area contributed by atoms with Crippen molar-refractivity contribution in [3.8, 4) is 5.75 Å². The highest BCUT2D eigenvalue weighted by Crippen LogP contribution is 2.34. The third kappa shape index (κ3) is 2.18. The highest BCUT2D eigenvalue weighted by Gasteiger charge is 2.21. The summed E-state index contributed by atoms with van der Waals surface area (Å²) in [5.74, 6) is 0.916. The van der Waals surface area contributed by atoms with Gasteiger partial charge in [-0.05, 0) is 42.5 Å². The first-order valence-corrected chi connectivity index (χ1v) is 6.94. The lowest BCUT2D eigenvalue weighted by Crippen LogP contribution is -2.17. The predicted molar refractivity (Wildman–Crippen MR) is 72.2 cm³/mol. The van der Waals surface area contributed by atoms with Crippen LogP contribution in [0.3, 0.4) is 0 Å². The van der Waals surface area contributed by atoms with Gasteiger partial charge in [0.25, 0.3) is 0 Å². The maximum absolute atomic E-state index is 5.31. The number of aryl methyl sites for hydroxylation is 1. The average molecular weight is 261 g/mol. The van der Waals surface area contributed by atoms with Gasteiger partial charge < -0.3 is 10.1 Å². The molecule has 1 atom stereocenters. The summed E-state index contributed by atoms with van der Waals surface area (Å²) < 4.78 is 5.31. The van der Waals surface area contributed by atoms with Gasteiger partial charge in [0.15, 0.2) is 0 Å². The Kier molecular flexibility index (Phi) is 3.15. The Labute approximate surface area is 110 Å². The molecule has 1 aliphatic carbocycles. The van der Waals surface area contributed by atoms with Crippen LogP contribution in [0.4, 0.5) is 5.13 Å². The van der Waals surface area contributed by atoms with E-state index in [2.05, 4.69) is 27.6 Å². The first-order chi connectivity index (χ1) is 8.86. The van der Waals surface area contributed by atoms with Crippen molar-refractivity contribution in [2.24, 2.45) is 0 Å². The summed E-state index contributed by atoms with van der Waals surface area (Å²) >= 11 is 1.54. The Morgan fingerprint density at radius 1 is 1.44 bits per heavy atom. The van der Waals surface area contributed by atoms with Crippen molar-refractivity contribution in [3.05, 3.63) is 34.8 Å². The minimum Gasteiger partial charge on any atom is -0.497 e. The number of hydrogen-bond acceptors (Lipinski definition) is 5. The number of hydrogen-bond donors (Lipinski definition) is 1. The Balaban J connectivity index is 1.90. The van der Waals surface area contributed by atoms with E-state index in [-0.39, 0.29) is 0 Å². The van der Waals surface area contributed by atoms with E-state index in [1.807, 2.05) is 6.07 Å². The summed E-state index contributed by atoms with van der Waals surface area (Å²) in [5, 5.41) is 12.3. The van der Waals surface area contributed by atoms with Crippen LogP contribution in [0.1, 0.15) is 30.0 Å². The second-order valence-corrected chi connectivity index (χ2v) is 5.23. The van der Waals surface area contributed by atoms with E-state index in [0.29, 0.717) is 6.04 Å². The smallest absolute Gasteiger partial charge is 0.205 e. The van der Waals surface area contributed by atoms with Crippen LogP contribution in [0, 0.1) is 0 Å². The number of rotatable bonds is 3. The lowest BCUT2D eigenvalue weighted by Gasteiger charge is -2.26. The lowest BCUT2D eigenvalue weighted by atomic mass is 9.87. The third-order valence-electron chi connectivity index (χ3n) is 3.33. The topological polar surface area (TPSA) is 47.0 Å². The van der Waals surface area contributed by atoms with Crippen LogP contribution in [-0.4, -0.2) is 17.3 Å². The van der Waals surface area contributed by atoms with Crippen LogP contribution in [0.2, 0.25) is 0 Å². The molecular formula is C13H15N3OS. The number of fused-ring (bicyclic) bond motifs is 1. The molecule has 1 aromatic carbocycles. The maximum atomic E-state index is 5.31. The summed E-state index contributed by atoms with van der Waals surface area (Å²) in [7, 11) is 1.71. The highest BCUT2D eigenvalue weighted by molar-refractivity contribution is 7.13. The number of nitrogens with zero attached hydrogens (tertiary/aromatic N) is 2. The fourth-order valence-corrected chi connectivity index (χ4v) is 2.94. The predicted octanol–water partition coefficient (Wildman–Crippen LogP) is 3.04. The van der Waals surface area contributed by atoms with E-state index < -0.39 is 0 Å². The average Bonchev–Trinajstić information content (AvgIpc) is 2.91. The second kappa shape index (κ2) is 4.94. The van der Waals surface area contributed by atoms with Crippen LogP contribution < -0.4 is 10.1 Å². The molecule has 0 saturated heterocycles. The number of benzene rings is 1. The van der Waals surface area contributed by atoms with Crippen LogP contribution in [0.15, 0.2) is 23.7 Å². The molecule has 2 aromatic rings. The Hall–Kier alpha value is -1.62. The molecule has 0 spiro atoms. The van der Waals surface area contributed by atoms with Crippen molar-refractivity contribution in [1.29, 1.82) is 0 Å². The molecule has 3 rings (SSSR count). The first kappa shape index (κ1) is 11.5. The van der Waals surface area contributed by atoms with Crippen LogP contribution >= 0.6 is 11.3 Å². The monoisotopic (exact) mass is 261 g/mol. The lowest BCUT2D eigenvalue weighted by molar-refractivity contribution is 0.413. The normalized spacial score (nSPS) is 18.2. The molecule has 1 aromatic heterocycles. The van der Waals surface area contributed by atoms with Gasteiger partial charge in [-0.15, -0.1) is 10.2 Å². The number of aromatic nitrogens is 2. The van der Waals surface area contributed by atoms with Gasteiger partial charge in [-0.1, -0.05) is 17.4 Å². The molecule has 0 saturated carbocycles. The SMILES string of the molecule is COc1ccc2c(c1)C(Nc1nncs1)CCC2. The van der Waals surface area contributed by atoms with Crippen LogP contribution in [-0.2, 0) is 6.42 Å². The standard InChI is InChI=1S/C13H15N3OS/c1-17-10-6-5-9-3-2-4-12(11(9)7-10)15-13-16-14-8-18-13/h5-8,12H,2-4H2,1H3,(H,15,16). The van der Waals surface area contributed by atoms with Crippen molar-refractivity contribution >= 4 is 16.5 Å². The Morgan fingerprint density at radius 3 is 3.17 bits per heavy atom. The van der Waals surface area contributed by atoms with Gasteiger partial charge >= 0.3 is 0 Å². The maximum Gasteiger partial charge on any atom is 0.205 e. The van der Waals surface area contributed by atoms with E-state index in [1.54, 1.807) is 12.6 Å². The van der Waals surface area contributed by atoms with Crippen molar-refractivity contribution in [2.75, 3.05) is 12.4 Å². The van der Waals surface area contributed by atoms with Gasteiger partial charge in [0, 0.05) is 0 Å². The zero-order valence-corrected chi connectivity index (χ0v) is 11.0. The summed E-state index contributed by atoms with van der Waals surface area (Å²) in [6.07, 6.45) is 3.48. The zero-order chi connectivity index (χ0) is 12.4. The fourth-order valence-electron chi connectivity index (χ4n) is 2.44. The van der Waals surface area contributed by atoms with Crippen molar-refractivity contribution in [2.45, 2.75) is 25.3 Å². The quantitative estimate of drug-likeness (QED) is 0.922. The second-order valence-electron chi connectivity index (χ2n) is 4.40. The number of ether oxygens (including phenoxy) is 1. The van der Waals surface area contributed by atoms with Gasteiger partial charge in [0.05, 0.1) is 13.2 Å². The van der Waals surface area contributed by atoms with E-state index in [9.17, 15) is 0 Å². The molecule has 18 heavy (non-hydrogen) atoms. The molecule has 1 aliphatic rings. The van der Waals surface area contributed by atoms with E-state index in [4.69, 9.17) is 4.74 Å². The molecule has 0 fully saturated rings. The molecule has 0 aliphatic heterocycles. The highest BCUT2D eigenvalue weighted by atomic mass is 32.1. The van der Waals surface area contributed by atoms with E-state index >= 15 is 0 Å². The molecule has 5 heteroatoms. The first-order valence-electron chi connectivity index (χ1n) is 6.06. The van der Waals surface area contributed by atoms with Gasteiger partial charge in [0.1, 0.15) is 11.3 Å². The van der Waals surface area contributed by atoms with Crippen molar-refractivity contribution in [3.63, 3.8) is 0 Å². The molecule has 94 valence electrons. The van der Waals surface area contributed by atoms with Gasteiger partial charge in [-0.25, -0.2) is 0 Å². The zero-order valence-electron chi connectivity index (χ0n) is 10.2. The molecule has 0 radical (unpaired) electrons. The minimum absolute atomic E-state index is 0.316. The molecule has 1 N–H and O–H groups in total. The number of nitrogens with one attached hydrogen (secondary N) is 1. The number of methoxy groups -OCH3 is 1. The van der Waals surface area contributed by atoms with E-state index in [1.165, 1.54) is 28.9 Å². The summed E-state index contributed by atoms with van der Waals surface area (Å²) in [6.45, 7) is 0. The Bertz CT molecular complexity index is 527. The van der Waals surface area contributed by atoms with E-state index in [0.717, 1.165) is 23.7 Å². The summed E-state index contributed by atoms with van der Waals surface area (Å²) in [6, 6.07) is 6.65. The molecule has 1 heterocycles. The van der Waals surface area contributed by atoms with Crippen molar-refractivity contribution in [1.82, 2.24) is 10.2 Å². The molecule has 1 unspecified atom stereocenters. The molecule has 4 nitrogen and oxygen atoms in total. The fraction of sp³-hybridized carbons (Fsp3) is 0.385. The summed E-state index contributed by atoms with van der Waals surface area (Å²) in [4.78, 5) is 0. The molecule has 0 amide bonds. The van der Waals surface area contributed by atoms with Crippen LogP contribution in [0.5, 0.6) is 5.75 Å². The minimum atomic E-state index is 0.316. The molecule has 0 bridgehead atoms. The Morgan fingerprint density at radius 2 is 2.39 bits per heavy atom. The summed E-state index contributed by atoms with van der Waals surface area (Å²) in [5.41, 5.74) is 4.48. The van der Waals surface area contributed by atoms with Crippen molar-refractivity contribution < 1.29 is 4.74 Å². The van der Waals surface area contributed by atoms with Gasteiger partial charge in [0.2, 0.25) is 5.13 Å². The number of anilines is 1. The van der Waals surface area contributed by atoms with Crippen LogP contribution in [0.25, 0.3) is 0 Å². The van der Waals surface area contributed by atoms with Gasteiger partial charge in [-0.3, -0.25) is 0 Å².